The molecule has 0 spiro atoms. The summed E-state index contributed by atoms with van der Waals surface area (Å²) in [6, 6.07) is 0. The summed E-state index contributed by atoms with van der Waals surface area (Å²) < 4.78 is 5.38. The van der Waals surface area contributed by atoms with E-state index in [-0.39, 0.29) is 0 Å². The van der Waals surface area contributed by atoms with Gasteiger partial charge in [0, 0.05) is 13.0 Å². The van der Waals surface area contributed by atoms with Crippen molar-refractivity contribution >= 4 is 0 Å². The van der Waals surface area contributed by atoms with E-state index in [1.165, 1.54) is 6.42 Å². The van der Waals surface area contributed by atoms with Gasteiger partial charge in [-0.2, -0.15) is 0 Å². The molecule has 1 rings (SSSR count). The predicted octanol–water partition coefficient (Wildman–Crippen LogP) is 0.636. The minimum Gasteiger partial charge on any atom is -0.380 e. The van der Waals surface area contributed by atoms with Crippen LogP contribution in [-0.2, 0) is 4.74 Å². The summed E-state index contributed by atoms with van der Waals surface area (Å²) in [5.41, 5.74) is 0. The van der Waals surface area contributed by atoms with Gasteiger partial charge in [0.05, 0.1) is 13.2 Å². The zero-order valence-corrected chi connectivity index (χ0v) is 6.81. The lowest BCUT2D eigenvalue weighted by Gasteiger charge is -2.07. The van der Waals surface area contributed by atoms with Crippen molar-refractivity contribution in [3.8, 4) is 12.3 Å². The monoisotopic (exact) mass is 153 g/mol. The Bertz CT molecular complexity index is 133. The van der Waals surface area contributed by atoms with Crippen LogP contribution in [0.3, 0.4) is 0 Å². The number of rotatable bonds is 4. The van der Waals surface area contributed by atoms with Crippen molar-refractivity contribution in [1.29, 1.82) is 0 Å². The average molecular weight is 153 g/mol. The molecule has 1 fully saturated rings. The third-order valence-corrected chi connectivity index (χ3v) is 1.91. The van der Waals surface area contributed by atoms with Crippen LogP contribution in [0.4, 0.5) is 0 Å². The Balaban J connectivity index is 1.90. The van der Waals surface area contributed by atoms with Gasteiger partial charge < -0.3 is 10.1 Å². The molecule has 0 aliphatic carbocycles. The normalized spacial score (nSPS) is 23.4. The van der Waals surface area contributed by atoms with Gasteiger partial charge in [0.15, 0.2) is 0 Å². The second-order valence-corrected chi connectivity index (χ2v) is 2.89. The Hall–Kier alpha value is -0.520. The van der Waals surface area contributed by atoms with Crippen molar-refractivity contribution in [2.45, 2.75) is 12.8 Å². The highest BCUT2D eigenvalue weighted by molar-refractivity contribution is 4.82. The molecule has 0 aromatic heterocycles. The Morgan fingerprint density at radius 1 is 1.64 bits per heavy atom. The van der Waals surface area contributed by atoms with Gasteiger partial charge >= 0.3 is 0 Å². The molecule has 62 valence electrons. The molecule has 0 amide bonds. The third kappa shape index (κ3) is 3.41. The first-order valence-corrected chi connectivity index (χ1v) is 4.15. The summed E-state index contributed by atoms with van der Waals surface area (Å²) in [6.45, 7) is 3.83. The van der Waals surface area contributed by atoms with Crippen LogP contribution < -0.4 is 5.32 Å². The minimum atomic E-state index is 0.715. The van der Waals surface area contributed by atoms with Crippen molar-refractivity contribution in [1.82, 2.24) is 5.32 Å². The van der Waals surface area contributed by atoms with Gasteiger partial charge in [-0.3, -0.25) is 0 Å². The molecular formula is C9H15NO. The van der Waals surface area contributed by atoms with Crippen LogP contribution in [0.15, 0.2) is 0 Å². The number of ether oxygens (including phenoxy) is 1. The van der Waals surface area contributed by atoms with Gasteiger partial charge in [-0.1, -0.05) is 0 Å². The molecule has 0 aromatic rings. The molecule has 1 N–H and O–H groups in total. The fourth-order valence-corrected chi connectivity index (χ4v) is 1.24. The predicted molar refractivity (Wildman–Crippen MR) is 45.2 cm³/mol. The van der Waals surface area contributed by atoms with E-state index in [4.69, 9.17) is 11.2 Å². The van der Waals surface area contributed by atoms with Crippen LogP contribution in [0, 0.1) is 18.3 Å². The number of nitrogens with one attached hydrogen (secondary N) is 1. The second-order valence-electron chi connectivity index (χ2n) is 2.89. The summed E-state index contributed by atoms with van der Waals surface area (Å²) >= 11 is 0. The van der Waals surface area contributed by atoms with Crippen LogP contribution in [0.2, 0.25) is 0 Å². The molecule has 1 unspecified atom stereocenters. The fourth-order valence-electron chi connectivity index (χ4n) is 1.24. The van der Waals surface area contributed by atoms with E-state index >= 15 is 0 Å². The molecule has 0 aromatic carbocycles. The van der Waals surface area contributed by atoms with E-state index in [9.17, 15) is 0 Å². The summed E-state index contributed by atoms with van der Waals surface area (Å²) in [6.07, 6.45) is 7.06. The highest BCUT2D eigenvalue weighted by Crippen LogP contribution is 2.07. The van der Waals surface area contributed by atoms with Crippen LogP contribution in [0.5, 0.6) is 0 Å². The highest BCUT2D eigenvalue weighted by Gasteiger charge is 2.13. The van der Waals surface area contributed by atoms with Crippen molar-refractivity contribution in [3.63, 3.8) is 0 Å². The van der Waals surface area contributed by atoms with Crippen molar-refractivity contribution in [3.05, 3.63) is 0 Å². The van der Waals surface area contributed by atoms with Gasteiger partial charge in [0.2, 0.25) is 0 Å². The maximum absolute atomic E-state index is 5.38. The van der Waals surface area contributed by atoms with Gasteiger partial charge in [-0.15, -0.1) is 12.3 Å². The lowest BCUT2D eigenvalue weighted by molar-refractivity contribution is 0.110. The van der Waals surface area contributed by atoms with Crippen molar-refractivity contribution in [2.75, 3.05) is 26.3 Å². The first-order chi connectivity index (χ1) is 5.43. The van der Waals surface area contributed by atoms with Crippen LogP contribution >= 0.6 is 0 Å². The molecule has 1 saturated heterocycles. The van der Waals surface area contributed by atoms with Gasteiger partial charge in [-0.25, -0.2) is 0 Å². The van der Waals surface area contributed by atoms with Crippen molar-refractivity contribution < 1.29 is 4.74 Å². The number of terminal acetylenes is 1. The summed E-state index contributed by atoms with van der Waals surface area (Å²) in [7, 11) is 0. The van der Waals surface area contributed by atoms with Gasteiger partial charge in [0.1, 0.15) is 0 Å². The average Bonchev–Trinajstić information content (AvgIpc) is 2.50. The molecule has 2 nitrogen and oxygen atoms in total. The molecule has 1 aliphatic heterocycles. The minimum absolute atomic E-state index is 0.715. The van der Waals surface area contributed by atoms with Crippen LogP contribution in [0.25, 0.3) is 0 Å². The third-order valence-electron chi connectivity index (χ3n) is 1.91. The van der Waals surface area contributed by atoms with E-state index in [0.717, 1.165) is 26.1 Å². The largest absolute Gasteiger partial charge is 0.380 e. The lowest BCUT2D eigenvalue weighted by atomic mass is 10.1. The van der Waals surface area contributed by atoms with Crippen LogP contribution in [-0.4, -0.2) is 26.3 Å². The SMILES string of the molecule is C#CCCOCC1CCNC1. The molecule has 1 heterocycles. The molecule has 2 heteroatoms. The second kappa shape index (κ2) is 5.17. The molecule has 1 aliphatic rings. The highest BCUT2D eigenvalue weighted by atomic mass is 16.5. The fraction of sp³-hybridized carbons (Fsp3) is 0.778. The lowest BCUT2D eigenvalue weighted by Crippen LogP contribution is -2.14. The summed E-state index contributed by atoms with van der Waals surface area (Å²) in [5, 5.41) is 3.29. The standard InChI is InChI=1S/C9H15NO/c1-2-3-6-11-8-9-4-5-10-7-9/h1,9-10H,3-8H2. The Morgan fingerprint density at radius 2 is 2.55 bits per heavy atom. The zero-order chi connectivity index (χ0) is 7.94. The molecule has 1 atom stereocenters. The van der Waals surface area contributed by atoms with Gasteiger partial charge in [-0.05, 0) is 18.9 Å². The molecule has 0 radical (unpaired) electrons. The smallest absolute Gasteiger partial charge is 0.0575 e. The molecular weight excluding hydrogens is 138 g/mol. The Morgan fingerprint density at radius 3 is 3.18 bits per heavy atom. The maximum Gasteiger partial charge on any atom is 0.0575 e. The van der Waals surface area contributed by atoms with E-state index < -0.39 is 0 Å². The summed E-state index contributed by atoms with van der Waals surface area (Å²) in [4.78, 5) is 0. The maximum atomic E-state index is 5.38. The number of hydrogen-bond donors (Lipinski definition) is 1. The Kier molecular flexibility index (Phi) is 4.03. The quantitative estimate of drug-likeness (QED) is 0.472. The van der Waals surface area contributed by atoms with E-state index in [0.29, 0.717) is 12.5 Å². The van der Waals surface area contributed by atoms with E-state index in [1.54, 1.807) is 0 Å². The molecule has 11 heavy (non-hydrogen) atoms. The molecule has 0 saturated carbocycles. The topological polar surface area (TPSA) is 21.3 Å². The van der Waals surface area contributed by atoms with Crippen molar-refractivity contribution in [2.24, 2.45) is 5.92 Å². The van der Waals surface area contributed by atoms with E-state index in [1.807, 2.05) is 0 Å². The van der Waals surface area contributed by atoms with E-state index in [2.05, 4.69) is 11.2 Å². The molecule has 0 bridgehead atoms. The number of hydrogen-bond acceptors (Lipinski definition) is 2. The first kappa shape index (κ1) is 8.58. The Labute approximate surface area is 68.3 Å². The van der Waals surface area contributed by atoms with Crippen LogP contribution in [0.1, 0.15) is 12.8 Å². The zero-order valence-electron chi connectivity index (χ0n) is 6.81. The summed E-state index contributed by atoms with van der Waals surface area (Å²) in [5.74, 6) is 3.27. The first-order valence-electron chi connectivity index (χ1n) is 4.15. The van der Waals surface area contributed by atoms with Gasteiger partial charge in [0.25, 0.3) is 0 Å².